The zero-order valence-corrected chi connectivity index (χ0v) is 9.06. The fourth-order valence-electron chi connectivity index (χ4n) is 1.10. The number of aromatic nitrogens is 2. The molecule has 1 N–H and O–H groups in total. The minimum Gasteiger partial charge on any atom is -0.363 e. The lowest BCUT2D eigenvalue weighted by Crippen LogP contribution is -2.27. The molecule has 1 aromatic rings. The Morgan fingerprint density at radius 3 is 2.50 bits per heavy atom. The fraction of sp³-hybridized carbons (Fsp3) is 0.600. The molecule has 0 aliphatic carbocycles. The molecular formula is C10H16FN3. The Hall–Kier alpha value is -1.19. The largest absolute Gasteiger partial charge is 0.363 e. The lowest BCUT2D eigenvalue weighted by atomic mass is 10.1. The van der Waals surface area contributed by atoms with Crippen molar-refractivity contribution in [2.45, 2.75) is 39.7 Å². The summed E-state index contributed by atoms with van der Waals surface area (Å²) in [6.07, 6.45) is 1.96. The van der Waals surface area contributed by atoms with Crippen LogP contribution in [0.1, 0.15) is 33.4 Å². The first-order valence-electron chi connectivity index (χ1n) is 4.71. The summed E-state index contributed by atoms with van der Waals surface area (Å²) in [6, 6.07) is 0. The molecule has 0 amide bonds. The summed E-state index contributed by atoms with van der Waals surface area (Å²) in [5.74, 6) is -0.0609. The predicted molar refractivity (Wildman–Crippen MR) is 54.7 cm³/mol. The van der Waals surface area contributed by atoms with E-state index in [-0.39, 0.29) is 17.2 Å². The third-order valence-corrected chi connectivity index (χ3v) is 1.69. The number of hydrogen-bond donors (Lipinski definition) is 1. The Labute approximate surface area is 83.8 Å². The SMILES string of the molecule is CCc1ncnc(NC(C)(C)C)c1F. The smallest absolute Gasteiger partial charge is 0.186 e. The molecule has 0 spiro atoms. The second-order valence-electron chi connectivity index (χ2n) is 4.21. The van der Waals surface area contributed by atoms with E-state index in [2.05, 4.69) is 15.3 Å². The van der Waals surface area contributed by atoms with Gasteiger partial charge < -0.3 is 5.32 Å². The van der Waals surface area contributed by atoms with Crippen LogP contribution in [-0.4, -0.2) is 15.5 Å². The molecule has 0 bridgehead atoms. The molecule has 0 aliphatic heterocycles. The minimum atomic E-state index is -0.343. The van der Waals surface area contributed by atoms with Crippen molar-refractivity contribution in [2.24, 2.45) is 0 Å². The Bertz CT molecular complexity index is 318. The van der Waals surface area contributed by atoms with Gasteiger partial charge in [-0.05, 0) is 27.2 Å². The number of anilines is 1. The van der Waals surface area contributed by atoms with Gasteiger partial charge in [0.25, 0.3) is 0 Å². The number of halogens is 1. The van der Waals surface area contributed by atoms with Gasteiger partial charge in [0.15, 0.2) is 11.6 Å². The molecule has 1 rings (SSSR count). The summed E-state index contributed by atoms with van der Waals surface area (Å²) in [5.41, 5.74) is 0.256. The summed E-state index contributed by atoms with van der Waals surface area (Å²) in [7, 11) is 0. The standard InChI is InChI=1S/C10H16FN3/c1-5-7-8(11)9(13-6-12-7)14-10(2,3)4/h6H,5H2,1-4H3,(H,12,13,14). The molecule has 0 aliphatic rings. The summed E-state index contributed by atoms with van der Waals surface area (Å²) in [4.78, 5) is 7.74. The zero-order chi connectivity index (χ0) is 10.8. The molecule has 0 atom stereocenters. The van der Waals surface area contributed by atoms with Crippen LogP contribution >= 0.6 is 0 Å². The van der Waals surface area contributed by atoms with Crippen molar-refractivity contribution < 1.29 is 4.39 Å². The highest BCUT2D eigenvalue weighted by Gasteiger charge is 2.15. The van der Waals surface area contributed by atoms with Gasteiger partial charge in [-0.3, -0.25) is 0 Å². The Balaban J connectivity index is 2.98. The maximum atomic E-state index is 13.6. The van der Waals surface area contributed by atoms with Crippen molar-refractivity contribution in [3.8, 4) is 0 Å². The van der Waals surface area contributed by atoms with E-state index in [0.717, 1.165) is 0 Å². The predicted octanol–water partition coefficient (Wildman–Crippen LogP) is 2.39. The first-order valence-corrected chi connectivity index (χ1v) is 4.71. The second kappa shape index (κ2) is 3.90. The molecule has 0 unspecified atom stereocenters. The number of nitrogens with zero attached hydrogens (tertiary/aromatic N) is 2. The van der Waals surface area contributed by atoms with Gasteiger partial charge in [-0.15, -0.1) is 0 Å². The zero-order valence-electron chi connectivity index (χ0n) is 9.06. The maximum absolute atomic E-state index is 13.6. The van der Waals surface area contributed by atoms with E-state index < -0.39 is 0 Å². The van der Waals surface area contributed by atoms with E-state index in [1.165, 1.54) is 6.33 Å². The van der Waals surface area contributed by atoms with Gasteiger partial charge in [0, 0.05) is 5.54 Å². The van der Waals surface area contributed by atoms with Gasteiger partial charge in [-0.25, -0.2) is 14.4 Å². The van der Waals surface area contributed by atoms with Crippen LogP contribution < -0.4 is 5.32 Å². The number of rotatable bonds is 2. The quantitative estimate of drug-likeness (QED) is 0.791. The van der Waals surface area contributed by atoms with Gasteiger partial charge in [0.2, 0.25) is 0 Å². The third-order valence-electron chi connectivity index (χ3n) is 1.69. The highest BCUT2D eigenvalue weighted by atomic mass is 19.1. The van der Waals surface area contributed by atoms with Crippen molar-refractivity contribution in [1.29, 1.82) is 0 Å². The van der Waals surface area contributed by atoms with E-state index in [1.807, 2.05) is 27.7 Å². The van der Waals surface area contributed by atoms with Crippen LogP contribution in [0, 0.1) is 5.82 Å². The Morgan fingerprint density at radius 1 is 1.36 bits per heavy atom. The van der Waals surface area contributed by atoms with Crippen LogP contribution in [0.3, 0.4) is 0 Å². The molecule has 0 radical (unpaired) electrons. The summed E-state index contributed by atoms with van der Waals surface area (Å²) in [6.45, 7) is 7.74. The van der Waals surface area contributed by atoms with Gasteiger partial charge in [0.1, 0.15) is 6.33 Å². The van der Waals surface area contributed by atoms with Crippen LogP contribution in [0.25, 0.3) is 0 Å². The number of hydrogen-bond acceptors (Lipinski definition) is 3. The van der Waals surface area contributed by atoms with E-state index in [9.17, 15) is 4.39 Å². The van der Waals surface area contributed by atoms with Crippen molar-refractivity contribution in [3.63, 3.8) is 0 Å². The molecule has 1 aromatic heterocycles. The molecule has 4 heteroatoms. The van der Waals surface area contributed by atoms with Crippen LogP contribution in [0.5, 0.6) is 0 Å². The van der Waals surface area contributed by atoms with Gasteiger partial charge in [-0.1, -0.05) is 6.92 Å². The topological polar surface area (TPSA) is 37.8 Å². The van der Waals surface area contributed by atoms with Crippen molar-refractivity contribution in [3.05, 3.63) is 17.8 Å². The lowest BCUT2D eigenvalue weighted by Gasteiger charge is -2.21. The molecule has 1 heterocycles. The molecule has 3 nitrogen and oxygen atoms in total. The highest BCUT2D eigenvalue weighted by molar-refractivity contribution is 5.39. The summed E-state index contributed by atoms with van der Waals surface area (Å²) in [5, 5.41) is 3.00. The number of aryl methyl sites for hydroxylation is 1. The fourth-order valence-corrected chi connectivity index (χ4v) is 1.10. The van der Waals surface area contributed by atoms with Crippen LogP contribution in [-0.2, 0) is 6.42 Å². The molecule has 14 heavy (non-hydrogen) atoms. The van der Waals surface area contributed by atoms with E-state index >= 15 is 0 Å². The molecular weight excluding hydrogens is 181 g/mol. The summed E-state index contributed by atoms with van der Waals surface area (Å²) < 4.78 is 13.6. The monoisotopic (exact) mass is 197 g/mol. The molecule has 0 saturated carbocycles. The minimum absolute atomic E-state index is 0.194. The highest BCUT2D eigenvalue weighted by Crippen LogP contribution is 2.17. The molecule has 0 saturated heterocycles. The van der Waals surface area contributed by atoms with Crippen molar-refractivity contribution >= 4 is 5.82 Å². The Kier molecular flexibility index (Phi) is 3.03. The molecule has 0 fully saturated rings. The normalized spacial score (nSPS) is 11.5. The lowest BCUT2D eigenvalue weighted by molar-refractivity contribution is 0.573. The molecule has 0 aromatic carbocycles. The van der Waals surface area contributed by atoms with E-state index in [4.69, 9.17) is 0 Å². The first-order chi connectivity index (χ1) is 6.44. The van der Waals surface area contributed by atoms with Gasteiger partial charge in [-0.2, -0.15) is 0 Å². The van der Waals surface area contributed by atoms with E-state index in [1.54, 1.807) is 0 Å². The van der Waals surface area contributed by atoms with Gasteiger partial charge >= 0.3 is 0 Å². The summed E-state index contributed by atoms with van der Waals surface area (Å²) >= 11 is 0. The van der Waals surface area contributed by atoms with Gasteiger partial charge in [0.05, 0.1) is 5.69 Å². The first kappa shape index (κ1) is 10.9. The van der Waals surface area contributed by atoms with E-state index in [0.29, 0.717) is 12.1 Å². The van der Waals surface area contributed by atoms with Crippen molar-refractivity contribution in [1.82, 2.24) is 9.97 Å². The average molecular weight is 197 g/mol. The average Bonchev–Trinajstić information content (AvgIpc) is 2.06. The van der Waals surface area contributed by atoms with Crippen LogP contribution in [0.2, 0.25) is 0 Å². The van der Waals surface area contributed by atoms with Crippen molar-refractivity contribution in [2.75, 3.05) is 5.32 Å². The Morgan fingerprint density at radius 2 is 2.00 bits per heavy atom. The van der Waals surface area contributed by atoms with Crippen LogP contribution in [0.4, 0.5) is 10.2 Å². The number of nitrogens with one attached hydrogen (secondary N) is 1. The molecule has 78 valence electrons. The van der Waals surface area contributed by atoms with Crippen LogP contribution in [0.15, 0.2) is 6.33 Å². The third kappa shape index (κ3) is 2.65. The second-order valence-corrected chi connectivity index (χ2v) is 4.21. The maximum Gasteiger partial charge on any atom is 0.186 e.